The highest BCUT2D eigenvalue weighted by atomic mass is 32.2. The lowest BCUT2D eigenvalue weighted by atomic mass is 9.96. The minimum atomic E-state index is -4.55. The van der Waals surface area contributed by atoms with E-state index in [0.29, 0.717) is 0 Å². The average molecular weight is 477 g/mol. The molecule has 0 saturated carbocycles. The van der Waals surface area contributed by atoms with Crippen molar-refractivity contribution in [1.82, 2.24) is 9.78 Å². The number of benzene rings is 2. The number of amides is 1. The molecule has 0 spiro atoms. The molecule has 3 aromatic rings. The Labute approximate surface area is 187 Å². The van der Waals surface area contributed by atoms with E-state index in [9.17, 15) is 26.4 Å². The molecule has 0 aliphatic carbocycles. The Morgan fingerprint density at radius 3 is 2.58 bits per heavy atom. The van der Waals surface area contributed by atoms with Gasteiger partial charge in [-0.25, -0.2) is 18.2 Å². The Morgan fingerprint density at radius 2 is 2.00 bits per heavy atom. The van der Waals surface area contributed by atoms with Crippen LogP contribution in [-0.4, -0.2) is 24.1 Å². The Bertz CT molecular complexity index is 1360. The molecule has 2 aromatic carbocycles. The topological polar surface area (TPSA) is 131 Å². The van der Waals surface area contributed by atoms with E-state index in [2.05, 4.69) is 10.4 Å². The molecule has 0 fully saturated rings. The molecule has 0 unspecified atom stereocenters. The highest BCUT2D eigenvalue weighted by Crippen LogP contribution is 2.34. The average Bonchev–Trinajstić information content (AvgIpc) is 3.21. The lowest BCUT2D eigenvalue weighted by molar-refractivity contribution is -0.138. The summed E-state index contributed by atoms with van der Waals surface area (Å²) in [5.41, 5.74) is -0.234. The van der Waals surface area contributed by atoms with Crippen molar-refractivity contribution in [3.8, 4) is 11.8 Å². The summed E-state index contributed by atoms with van der Waals surface area (Å²) in [6.07, 6.45) is -2.26. The first-order valence-corrected chi connectivity index (χ1v) is 11.1. The number of halogens is 3. The number of nitrogens with two attached hydrogens (primary N) is 1. The Morgan fingerprint density at radius 1 is 1.27 bits per heavy atom. The number of aromatic nitrogens is 2. The van der Waals surface area contributed by atoms with Crippen molar-refractivity contribution in [2.24, 2.45) is 5.14 Å². The highest BCUT2D eigenvalue weighted by Gasteiger charge is 2.33. The van der Waals surface area contributed by atoms with Gasteiger partial charge in [-0.15, -0.1) is 0 Å². The van der Waals surface area contributed by atoms with Gasteiger partial charge in [0.25, 0.3) is 0 Å². The number of nitriles is 1. The number of sulfonamides is 1. The van der Waals surface area contributed by atoms with Crippen molar-refractivity contribution in [1.29, 1.82) is 5.26 Å². The SMILES string of the molecule is CCc1c(CC(=O)Nc2ccc(-n3cc(C#N)cn3)c(S(N)(=O)=O)c2)cccc1C(F)(F)F. The lowest BCUT2D eigenvalue weighted by Crippen LogP contribution is -2.19. The van der Waals surface area contributed by atoms with Crippen LogP contribution in [0.2, 0.25) is 0 Å². The van der Waals surface area contributed by atoms with Gasteiger partial charge in [-0.05, 0) is 41.8 Å². The van der Waals surface area contributed by atoms with E-state index in [0.717, 1.165) is 16.8 Å². The highest BCUT2D eigenvalue weighted by molar-refractivity contribution is 7.89. The number of primary sulfonamides is 1. The molecule has 0 aliphatic rings. The monoisotopic (exact) mass is 477 g/mol. The predicted octanol–water partition coefficient (Wildman–Crippen LogP) is 3.15. The van der Waals surface area contributed by atoms with Gasteiger partial charge in [-0.3, -0.25) is 4.79 Å². The first-order valence-electron chi connectivity index (χ1n) is 9.54. The van der Waals surface area contributed by atoms with E-state index in [1.54, 1.807) is 6.92 Å². The number of hydrogen-bond acceptors (Lipinski definition) is 5. The Balaban J connectivity index is 1.90. The van der Waals surface area contributed by atoms with Crippen LogP contribution in [0.3, 0.4) is 0 Å². The van der Waals surface area contributed by atoms with Crippen molar-refractivity contribution >= 4 is 21.6 Å². The summed E-state index contributed by atoms with van der Waals surface area (Å²) in [4.78, 5) is 12.2. The van der Waals surface area contributed by atoms with Gasteiger partial charge in [0.05, 0.1) is 29.4 Å². The second-order valence-electron chi connectivity index (χ2n) is 7.03. The molecule has 0 atom stereocenters. The molecule has 3 rings (SSSR count). The van der Waals surface area contributed by atoms with Crippen LogP contribution in [0, 0.1) is 11.3 Å². The Kier molecular flexibility index (Phi) is 6.57. The lowest BCUT2D eigenvalue weighted by Gasteiger charge is -2.16. The van der Waals surface area contributed by atoms with Crippen LogP contribution in [0.15, 0.2) is 53.7 Å². The van der Waals surface area contributed by atoms with Gasteiger partial charge >= 0.3 is 6.18 Å². The number of alkyl halides is 3. The van der Waals surface area contributed by atoms with Crippen LogP contribution in [0.5, 0.6) is 0 Å². The zero-order valence-corrected chi connectivity index (χ0v) is 18.0. The van der Waals surface area contributed by atoms with E-state index >= 15 is 0 Å². The molecule has 8 nitrogen and oxygen atoms in total. The van der Waals surface area contributed by atoms with Crippen LogP contribution in [0.1, 0.15) is 29.2 Å². The van der Waals surface area contributed by atoms with E-state index in [-0.39, 0.29) is 45.8 Å². The second kappa shape index (κ2) is 9.05. The van der Waals surface area contributed by atoms with Crippen molar-refractivity contribution < 1.29 is 26.4 Å². The van der Waals surface area contributed by atoms with Crippen molar-refractivity contribution in [2.45, 2.75) is 30.8 Å². The second-order valence-corrected chi connectivity index (χ2v) is 8.56. The maximum absolute atomic E-state index is 13.3. The predicted molar refractivity (Wildman–Crippen MR) is 113 cm³/mol. The molecule has 0 aliphatic heterocycles. The van der Waals surface area contributed by atoms with E-state index in [4.69, 9.17) is 10.4 Å². The molecule has 1 aromatic heterocycles. The summed E-state index contributed by atoms with van der Waals surface area (Å²) in [5.74, 6) is -0.636. The number of nitrogens with zero attached hydrogens (tertiary/aromatic N) is 3. The molecule has 33 heavy (non-hydrogen) atoms. The zero-order valence-electron chi connectivity index (χ0n) is 17.2. The molecular formula is C21H18F3N5O3S. The minimum absolute atomic E-state index is 0.0210. The third-order valence-electron chi connectivity index (χ3n) is 4.79. The van der Waals surface area contributed by atoms with Crippen LogP contribution < -0.4 is 10.5 Å². The van der Waals surface area contributed by atoms with Gasteiger partial charge < -0.3 is 5.32 Å². The first-order chi connectivity index (χ1) is 15.4. The van der Waals surface area contributed by atoms with Crippen LogP contribution in [-0.2, 0) is 33.8 Å². The van der Waals surface area contributed by atoms with Gasteiger partial charge in [0.1, 0.15) is 11.0 Å². The van der Waals surface area contributed by atoms with Gasteiger partial charge in [0.2, 0.25) is 15.9 Å². The third-order valence-corrected chi connectivity index (χ3v) is 5.73. The number of carbonyl (C=O) groups is 1. The molecule has 3 N–H and O–H groups in total. The van der Waals surface area contributed by atoms with Gasteiger partial charge in [0.15, 0.2) is 0 Å². The summed E-state index contributed by atoms with van der Waals surface area (Å²) in [5, 5.41) is 20.6. The number of hydrogen-bond donors (Lipinski definition) is 2. The number of anilines is 1. The van der Waals surface area contributed by atoms with Crippen LogP contribution in [0.4, 0.5) is 18.9 Å². The van der Waals surface area contributed by atoms with Crippen molar-refractivity contribution in [2.75, 3.05) is 5.32 Å². The summed E-state index contributed by atoms with van der Waals surface area (Å²) >= 11 is 0. The van der Waals surface area contributed by atoms with Crippen molar-refractivity contribution in [3.63, 3.8) is 0 Å². The molecule has 1 heterocycles. The van der Waals surface area contributed by atoms with E-state index in [1.807, 2.05) is 6.07 Å². The largest absolute Gasteiger partial charge is 0.416 e. The summed E-state index contributed by atoms with van der Waals surface area (Å²) in [7, 11) is -4.25. The molecule has 12 heteroatoms. The quantitative estimate of drug-likeness (QED) is 0.563. The van der Waals surface area contributed by atoms with Crippen molar-refractivity contribution in [3.05, 3.63) is 71.0 Å². The summed E-state index contributed by atoms with van der Waals surface area (Å²) in [6.45, 7) is 1.57. The minimum Gasteiger partial charge on any atom is -0.326 e. The van der Waals surface area contributed by atoms with Gasteiger partial charge in [0, 0.05) is 11.9 Å². The van der Waals surface area contributed by atoms with E-state index < -0.39 is 27.7 Å². The molecule has 0 bridgehead atoms. The first kappa shape index (κ1) is 24.0. The molecule has 0 saturated heterocycles. The fraction of sp³-hybridized carbons (Fsp3) is 0.190. The summed E-state index contributed by atoms with van der Waals surface area (Å²) < 4.78 is 65.1. The maximum Gasteiger partial charge on any atom is 0.416 e. The van der Waals surface area contributed by atoms with Gasteiger partial charge in [-0.2, -0.15) is 23.5 Å². The zero-order chi connectivity index (χ0) is 24.4. The number of carbonyl (C=O) groups excluding carboxylic acids is 1. The molecule has 1 amide bonds. The summed E-state index contributed by atoms with van der Waals surface area (Å²) in [6, 6.07) is 9.35. The molecular weight excluding hydrogens is 459 g/mol. The Hall–Kier alpha value is -3.69. The molecule has 172 valence electrons. The molecule has 0 radical (unpaired) electrons. The smallest absolute Gasteiger partial charge is 0.326 e. The fourth-order valence-corrected chi connectivity index (χ4v) is 4.13. The van der Waals surface area contributed by atoms with Gasteiger partial charge in [-0.1, -0.05) is 19.1 Å². The van der Waals surface area contributed by atoms with Crippen LogP contribution >= 0.6 is 0 Å². The van der Waals surface area contributed by atoms with E-state index in [1.165, 1.54) is 36.7 Å². The third kappa shape index (κ3) is 5.39. The standard InChI is InChI=1S/C21H18F3N5O3S/c1-2-16-14(4-3-5-17(16)21(22,23)24)8-20(30)28-15-6-7-18(19(9-15)33(26,31)32)29-12-13(10-25)11-27-29/h3-7,9,11-12H,2,8H2,1H3,(H,28,30)(H2,26,31,32). The van der Waals surface area contributed by atoms with Crippen LogP contribution in [0.25, 0.3) is 5.69 Å². The fourth-order valence-electron chi connectivity index (χ4n) is 3.38. The maximum atomic E-state index is 13.3. The normalized spacial score (nSPS) is 11.8. The number of rotatable bonds is 6. The number of nitrogens with one attached hydrogen (secondary N) is 1.